The molecule has 1 aromatic carbocycles. The number of aromatic nitrogens is 1. The number of amides is 1. The van der Waals surface area contributed by atoms with E-state index in [4.69, 9.17) is 4.74 Å². The first-order valence-electron chi connectivity index (χ1n) is 6.33. The van der Waals surface area contributed by atoms with E-state index in [0.717, 1.165) is 15.2 Å². The van der Waals surface area contributed by atoms with Gasteiger partial charge in [0, 0.05) is 13.7 Å². The number of likely N-dealkylation sites (N-methyl/N-ethyl adjacent to an activating group) is 1. The number of carbonyl (C=O) groups is 1. The normalized spacial score (nSPS) is 12.6. The van der Waals surface area contributed by atoms with Gasteiger partial charge in [0.1, 0.15) is 11.1 Å². The zero-order chi connectivity index (χ0) is 13.8. The van der Waals surface area contributed by atoms with Gasteiger partial charge in [0.2, 0.25) is 0 Å². The van der Waals surface area contributed by atoms with Crippen LogP contribution in [0.4, 0.5) is 0 Å². The van der Waals surface area contributed by atoms with Crippen molar-refractivity contribution >= 4 is 27.5 Å². The van der Waals surface area contributed by atoms with Gasteiger partial charge in [0.25, 0.3) is 5.91 Å². The molecule has 5 heteroatoms. The fourth-order valence-corrected chi connectivity index (χ4v) is 2.92. The molecule has 0 unspecified atom stereocenters. The number of rotatable bonds is 5. The van der Waals surface area contributed by atoms with Crippen LogP contribution in [0.1, 0.15) is 18.9 Å². The molecular formula is C14H18N2O2S. The van der Waals surface area contributed by atoms with Gasteiger partial charge in [-0.1, -0.05) is 12.1 Å². The largest absolute Gasteiger partial charge is 0.369 e. The van der Waals surface area contributed by atoms with Crippen molar-refractivity contribution in [3.63, 3.8) is 0 Å². The topological polar surface area (TPSA) is 42.4 Å². The number of nitrogens with zero attached hydrogens (tertiary/aromatic N) is 2. The van der Waals surface area contributed by atoms with Crippen molar-refractivity contribution in [3.8, 4) is 0 Å². The molecular weight excluding hydrogens is 260 g/mol. The zero-order valence-electron chi connectivity index (χ0n) is 11.4. The van der Waals surface area contributed by atoms with Crippen LogP contribution in [0.15, 0.2) is 24.3 Å². The Morgan fingerprint density at radius 2 is 2.21 bits per heavy atom. The second-order valence-electron chi connectivity index (χ2n) is 4.37. The Bertz CT molecular complexity index is 534. The number of fused-ring (bicyclic) bond motifs is 1. The lowest BCUT2D eigenvalue weighted by atomic mass is 10.3. The fourth-order valence-electron chi connectivity index (χ4n) is 1.90. The monoisotopic (exact) mass is 278 g/mol. The summed E-state index contributed by atoms with van der Waals surface area (Å²) in [7, 11) is 1.78. The zero-order valence-corrected chi connectivity index (χ0v) is 12.2. The fraction of sp³-hybridized carbons (Fsp3) is 0.429. The van der Waals surface area contributed by atoms with Gasteiger partial charge in [0.15, 0.2) is 0 Å². The van der Waals surface area contributed by atoms with Gasteiger partial charge < -0.3 is 9.64 Å². The molecule has 0 N–H and O–H groups in total. The number of ether oxygens (including phenoxy) is 1. The summed E-state index contributed by atoms with van der Waals surface area (Å²) in [5.74, 6) is -0.0129. The Kier molecular flexibility index (Phi) is 4.50. The molecule has 19 heavy (non-hydrogen) atoms. The molecule has 0 aliphatic carbocycles. The Hall–Kier alpha value is -1.46. The maximum atomic E-state index is 12.0. The molecule has 0 bridgehead atoms. The maximum Gasteiger partial charge on any atom is 0.251 e. The van der Waals surface area contributed by atoms with Crippen LogP contribution in [0.3, 0.4) is 0 Å². The van der Waals surface area contributed by atoms with Crippen molar-refractivity contribution in [2.45, 2.75) is 26.5 Å². The standard InChI is InChI=1S/C14H18N2O2S/c1-4-18-10(2)14(17)16(3)9-13-15-11-7-5-6-8-12(11)19-13/h5-8,10H,4,9H2,1-3H3/t10-/m0/s1. The van der Waals surface area contributed by atoms with E-state index in [1.165, 1.54) is 0 Å². The maximum absolute atomic E-state index is 12.0. The van der Waals surface area contributed by atoms with Crippen molar-refractivity contribution in [2.75, 3.05) is 13.7 Å². The van der Waals surface area contributed by atoms with Gasteiger partial charge in [-0.05, 0) is 26.0 Å². The third-order valence-electron chi connectivity index (χ3n) is 2.85. The van der Waals surface area contributed by atoms with Crippen molar-refractivity contribution in [1.82, 2.24) is 9.88 Å². The van der Waals surface area contributed by atoms with Gasteiger partial charge in [-0.15, -0.1) is 11.3 Å². The summed E-state index contributed by atoms with van der Waals surface area (Å²) in [4.78, 5) is 18.2. The molecule has 0 spiro atoms. The Labute approximate surface area is 117 Å². The summed E-state index contributed by atoms with van der Waals surface area (Å²) in [5.41, 5.74) is 0.987. The van der Waals surface area contributed by atoms with Gasteiger partial charge in [-0.25, -0.2) is 4.98 Å². The summed E-state index contributed by atoms with van der Waals surface area (Å²) in [6.07, 6.45) is -0.399. The van der Waals surface area contributed by atoms with E-state index >= 15 is 0 Å². The van der Waals surface area contributed by atoms with E-state index in [1.807, 2.05) is 31.2 Å². The quantitative estimate of drug-likeness (QED) is 0.844. The molecule has 1 aromatic heterocycles. The molecule has 0 fully saturated rings. The molecule has 0 radical (unpaired) electrons. The first kappa shape index (κ1) is 14.0. The van der Waals surface area contributed by atoms with E-state index in [9.17, 15) is 4.79 Å². The third kappa shape index (κ3) is 3.30. The molecule has 2 aromatic rings. The minimum Gasteiger partial charge on any atom is -0.369 e. The highest BCUT2D eigenvalue weighted by molar-refractivity contribution is 7.18. The van der Waals surface area contributed by atoms with Crippen LogP contribution in [-0.4, -0.2) is 35.5 Å². The molecule has 2 rings (SSSR count). The highest BCUT2D eigenvalue weighted by Crippen LogP contribution is 2.22. The highest BCUT2D eigenvalue weighted by atomic mass is 32.1. The first-order chi connectivity index (χ1) is 9.11. The average molecular weight is 278 g/mol. The SMILES string of the molecule is CCO[C@@H](C)C(=O)N(C)Cc1nc2ccccc2s1. The van der Waals surface area contributed by atoms with Crippen molar-refractivity contribution < 1.29 is 9.53 Å². The number of benzene rings is 1. The van der Waals surface area contributed by atoms with E-state index in [2.05, 4.69) is 4.98 Å². The van der Waals surface area contributed by atoms with Crippen molar-refractivity contribution in [2.24, 2.45) is 0 Å². The van der Waals surface area contributed by atoms with Crippen molar-refractivity contribution in [3.05, 3.63) is 29.3 Å². The van der Waals surface area contributed by atoms with Gasteiger partial charge >= 0.3 is 0 Å². The van der Waals surface area contributed by atoms with Crippen LogP contribution in [-0.2, 0) is 16.1 Å². The van der Waals surface area contributed by atoms with Crippen LogP contribution in [0, 0.1) is 0 Å². The molecule has 1 amide bonds. The summed E-state index contributed by atoms with van der Waals surface area (Å²) in [5, 5.41) is 0.945. The van der Waals surface area contributed by atoms with Crippen LogP contribution in [0.25, 0.3) is 10.2 Å². The van der Waals surface area contributed by atoms with E-state index in [0.29, 0.717) is 13.2 Å². The number of para-hydroxylation sites is 1. The van der Waals surface area contributed by atoms with Crippen LogP contribution >= 0.6 is 11.3 Å². The highest BCUT2D eigenvalue weighted by Gasteiger charge is 2.18. The molecule has 0 saturated carbocycles. The second kappa shape index (κ2) is 6.12. The second-order valence-corrected chi connectivity index (χ2v) is 5.48. The first-order valence-corrected chi connectivity index (χ1v) is 7.14. The summed E-state index contributed by atoms with van der Waals surface area (Å²) in [6, 6.07) is 8.00. The number of thiazole rings is 1. The number of carbonyl (C=O) groups excluding carboxylic acids is 1. The predicted octanol–water partition coefficient (Wildman–Crippen LogP) is 2.68. The molecule has 0 saturated heterocycles. The smallest absolute Gasteiger partial charge is 0.251 e. The van der Waals surface area contributed by atoms with Crippen LogP contribution in [0.5, 0.6) is 0 Å². The summed E-state index contributed by atoms with van der Waals surface area (Å²) >= 11 is 1.62. The van der Waals surface area contributed by atoms with E-state index < -0.39 is 6.10 Å². The van der Waals surface area contributed by atoms with Crippen LogP contribution in [0.2, 0.25) is 0 Å². The third-order valence-corrected chi connectivity index (χ3v) is 3.87. The van der Waals surface area contributed by atoms with Gasteiger partial charge in [-0.2, -0.15) is 0 Å². The lowest BCUT2D eigenvalue weighted by Gasteiger charge is -2.20. The molecule has 1 atom stereocenters. The summed E-state index contributed by atoms with van der Waals surface area (Å²) in [6.45, 7) is 4.73. The molecule has 102 valence electrons. The molecule has 0 aliphatic rings. The Balaban J connectivity index is 2.05. The molecule has 0 aliphatic heterocycles. The van der Waals surface area contributed by atoms with E-state index in [-0.39, 0.29) is 5.91 Å². The van der Waals surface area contributed by atoms with Crippen molar-refractivity contribution in [1.29, 1.82) is 0 Å². The Morgan fingerprint density at radius 1 is 1.47 bits per heavy atom. The molecule has 1 heterocycles. The predicted molar refractivity (Wildman–Crippen MR) is 77.2 cm³/mol. The number of hydrogen-bond acceptors (Lipinski definition) is 4. The Morgan fingerprint density at radius 3 is 2.89 bits per heavy atom. The van der Waals surface area contributed by atoms with Crippen LogP contribution < -0.4 is 0 Å². The van der Waals surface area contributed by atoms with Gasteiger partial charge in [-0.3, -0.25) is 4.79 Å². The van der Waals surface area contributed by atoms with Gasteiger partial charge in [0.05, 0.1) is 16.8 Å². The minimum atomic E-state index is -0.399. The van der Waals surface area contributed by atoms with E-state index in [1.54, 1.807) is 30.2 Å². The lowest BCUT2D eigenvalue weighted by Crippen LogP contribution is -2.35. The lowest BCUT2D eigenvalue weighted by molar-refractivity contribution is -0.141. The summed E-state index contributed by atoms with van der Waals surface area (Å²) < 4.78 is 6.46. The number of hydrogen-bond donors (Lipinski definition) is 0. The average Bonchev–Trinajstić information content (AvgIpc) is 2.80. The minimum absolute atomic E-state index is 0.0129. The molecule has 4 nitrogen and oxygen atoms in total.